The van der Waals surface area contributed by atoms with Gasteiger partial charge in [0.25, 0.3) is 0 Å². The summed E-state index contributed by atoms with van der Waals surface area (Å²) in [5.41, 5.74) is 0.272. The molecule has 0 saturated carbocycles. The number of hydrogen-bond acceptors (Lipinski definition) is 5. The minimum atomic E-state index is -4.19. The molecule has 0 fully saturated rings. The summed E-state index contributed by atoms with van der Waals surface area (Å²) in [7, 11) is -3.15. The van der Waals surface area contributed by atoms with Crippen molar-refractivity contribution in [2.45, 2.75) is 6.92 Å². The molecular formula is C10H13NNaO5P. The SMILES string of the molecule is CCOC(=O)c1ccccc1NP(=O)([O-])OC.[Na+]. The van der Waals surface area contributed by atoms with E-state index in [1.165, 1.54) is 12.1 Å². The summed E-state index contributed by atoms with van der Waals surface area (Å²) in [6, 6.07) is 6.13. The predicted molar refractivity (Wildman–Crippen MR) is 60.6 cm³/mol. The van der Waals surface area contributed by atoms with Crippen molar-refractivity contribution in [1.29, 1.82) is 0 Å². The van der Waals surface area contributed by atoms with Crippen LogP contribution in [0.1, 0.15) is 17.3 Å². The van der Waals surface area contributed by atoms with Crippen molar-refractivity contribution in [2.75, 3.05) is 18.8 Å². The molecule has 0 heterocycles. The third kappa shape index (κ3) is 5.10. The Hall–Kier alpha value is -0.360. The van der Waals surface area contributed by atoms with Gasteiger partial charge in [-0.1, -0.05) is 12.1 Å². The first kappa shape index (κ1) is 17.6. The number of benzene rings is 1. The standard InChI is InChI=1S/C10H14NO5P.Na/c1-3-16-10(12)8-6-4-5-7-9(8)11-17(13,14)15-2;/h4-7H,3H2,1-2H3,(H2,11,13,14);/q;+1/p-1. The Morgan fingerprint density at radius 3 is 2.61 bits per heavy atom. The molecule has 1 unspecified atom stereocenters. The van der Waals surface area contributed by atoms with Crippen molar-refractivity contribution in [2.24, 2.45) is 0 Å². The van der Waals surface area contributed by atoms with Gasteiger partial charge in [0.2, 0.25) is 7.75 Å². The van der Waals surface area contributed by atoms with Gasteiger partial charge in [-0.25, -0.2) is 4.79 Å². The van der Waals surface area contributed by atoms with Gasteiger partial charge in [-0.15, -0.1) is 0 Å². The number of carbonyl (C=O) groups excluding carboxylic acids is 1. The fourth-order valence-corrected chi connectivity index (χ4v) is 1.74. The normalized spacial score (nSPS) is 13.1. The van der Waals surface area contributed by atoms with Crippen LogP contribution in [0.5, 0.6) is 0 Å². The molecule has 0 aromatic heterocycles. The molecule has 1 aromatic carbocycles. The summed E-state index contributed by atoms with van der Waals surface area (Å²) < 4.78 is 20.3. The van der Waals surface area contributed by atoms with E-state index in [1.807, 2.05) is 0 Å². The van der Waals surface area contributed by atoms with E-state index in [4.69, 9.17) is 4.74 Å². The minimum Gasteiger partial charge on any atom is -0.762 e. The van der Waals surface area contributed by atoms with Gasteiger partial charge in [-0.2, -0.15) is 0 Å². The summed E-state index contributed by atoms with van der Waals surface area (Å²) in [5.74, 6) is -0.591. The van der Waals surface area contributed by atoms with Crippen LogP contribution in [0.4, 0.5) is 5.69 Å². The van der Waals surface area contributed by atoms with E-state index in [0.29, 0.717) is 0 Å². The van der Waals surface area contributed by atoms with E-state index in [2.05, 4.69) is 9.61 Å². The summed E-state index contributed by atoms with van der Waals surface area (Å²) in [6.07, 6.45) is 0. The van der Waals surface area contributed by atoms with Gasteiger partial charge in [-0.3, -0.25) is 4.57 Å². The number of anilines is 1. The number of nitrogens with one attached hydrogen (secondary N) is 1. The van der Waals surface area contributed by atoms with Crippen LogP contribution >= 0.6 is 7.75 Å². The largest absolute Gasteiger partial charge is 1.00 e. The Bertz CT molecular complexity index is 454. The van der Waals surface area contributed by atoms with Gasteiger partial charge < -0.3 is 19.2 Å². The molecule has 0 amide bonds. The van der Waals surface area contributed by atoms with Crippen LogP contribution in [0.2, 0.25) is 0 Å². The maximum atomic E-state index is 11.5. The Kier molecular flexibility index (Phi) is 7.78. The summed E-state index contributed by atoms with van der Waals surface area (Å²) in [4.78, 5) is 22.8. The third-order valence-corrected chi connectivity index (χ3v) is 2.92. The average molecular weight is 281 g/mol. The summed E-state index contributed by atoms with van der Waals surface area (Å²) in [5, 5.41) is 2.15. The molecule has 94 valence electrons. The first-order chi connectivity index (χ1) is 8.00. The Morgan fingerprint density at radius 1 is 1.44 bits per heavy atom. The molecule has 18 heavy (non-hydrogen) atoms. The van der Waals surface area contributed by atoms with E-state index in [-0.39, 0.29) is 47.4 Å². The maximum absolute atomic E-state index is 11.5. The van der Waals surface area contributed by atoms with E-state index in [9.17, 15) is 14.3 Å². The average Bonchev–Trinajstić information content (AvgIpc) is 2.29. The Morgan fingerprint density at radius 2 is 2.06 bits per heavy atom. The van der Waals surface area contributed by atoms with E-state index in [0.717, 1.165) is 7.11 Å². The molecule has 0 aliphatic carbocycles. The van der Waals surface area contributed by atoms with Gasteiger partial charge in [0, 0.05) is 7.11 Å². The molecule has 0 radical (unpaired) electrons. The van der Waals surface area contributed by atoms with E-state index < -0.39 is 13.7 Å². The smallest absolute Gasteiger partial charge is 0.762 e. The molecule has 0 aliphatic rings. The van der Waals surface area contributed by atoms with Crippen molar-refractivity contribution in [3.8, 4) is 0 Å². The zero-order valence-electron chi connectivity index (χ0n) is 10.5. The number of hydrogen-bond donors (Lipinski definition) is 1. The van der Waals surface area contributed by atoms with Crippen LogP contribution in [0.3, 0.4) is 0 Å². The van der Waals surface area contributed by atoms with Crippen LogP contribution in [-0.4, -0.2) is 19.7 Å². The predicted octanol–water partition coefficient (Wildman–Crippen LogP) is -1.61. The van der Waals surface area contributed by atoms with E-state index >= 15 is 0 Å². The molecule has 0 bridgehead atoms. The van der Waals surface area contributed by atoms with Crippen molar-refractivity contribution >= 4 is 19.4 Å². The number of carbonyl (C=O) groups is 1. The van der Waals surface area contributed by atoms with Crippen molar-refractivity contribution in [1.82, 2.24) is 0 Å². The molecule has 1 rings (SSSR count). The molecule has 0 aliphatic heterocycles. The van der Waals surface area contributed by atoms with Gasteiger partial charge in [0.15, 0.2) is 0 Å². The fraction of sp³-hybridized carbons (Fsp3) is 0.300. The van der Waals surface area contributed by atoms with Crippen LogP contribution in [-0.2, 0) is 13.8 Å². The molecule has 1 N–H and O–H groups in total. The van der Waals surface area contributed by atoms with E-state index in [1.54, 1.807) is 19.1 Å². The topological polar surface area (TPSA) is 87.7 Å². The zero-order valence-corrected chi connectivity index (χ0v) is 13.4. The summed E-state index contributed by atoms with van der Waals surface area (Å²) >= 11 is 0. The van der Waals surface area contributed by atoms with Crippen molar-refractivity contribution in [3.63, 3.8) is 0 Å². The zero-order chi connectivity index (χ0) is 12.9. The molecule has 1 atom stereocenters. The quantitative estimate of drug-likeness (QED) is 0.397. The molecule has 0 saturated heterocycles. The fourth-order valence-electron chi connectivity index (χ4n) is 1.16. The van der Waals surface area contributed by atoms with Crippen LogP contribution < -0.4 is 39.5 Å². The second kappa shape index (κ2) is 7.94. The monoisotopic (exact) mass is 281 g/mol. The van der Waals surface area contributed by atoms with Gasteiger partial charge >= 0.3 is 35.5 Å². The van der Waals surface area contributed by atoms with Crippen molar-refractivity contribution in [3.05, 3.63) is 29.8 Å². The van der Waals surface area contributed by atoms with Gasteiger partial charge in [0.05, 0.1) is 17.9 Å². The van der Waals surface area contributed by atoms with Gasteiger partial charge in [0.1, 0.15) is 0 Å². The second-order valence-electron chi connectivity index (χ2n) is 3.06. The molecule has 1 aromatic rings. The minimum absolute atomic E-state index is 0. The number of ether oxygens (including phenoxy) is 1. The van der Waals surface area contributed by atoms with Crippen LogP contribution in [0, 0.1) is 0 Å². The molecule has 8 heteroatoms. The van der Waals surface area contributed by atoms with Crippen LogP contribution in [0.15, 0.2) is 24.3 Å². The number of rotatable bonds is 5. The number of esters is 1. The molecular weight excluding hydrogens is 268 g/mol. The van der Waals surface area contributed by atoms with Gasteiger partial charge in [-0.05, 0) is 19.1 Å². The Balaban J connectivity index is 0.00000289. The number of para-hydroxylation sites is 1. The van der Waals surface area contributed by atoms with Crippen LogP contribution in [0.25, 0.3) is 0 Å². The third-order valence-electron chi connectivity index (χ3n) is 1.92. The maximum Gasteiger partial charge on any atom is 1.00 e. The second-order valence-corrected chi connectivity index (χ2v) is 4.64. The summed E-state index contributed by atoms with van der Waals surface area (Å²) in [6.45, 7) is 1.88. The molecule has 0 spiro atoms. The van der Waals surface area contributed by atoms with Crippen molar-refractivity contribution < 1.29 is 53.1 Å². The Labute approximate surface area is 128 Å². The first-order valence-electron chi connectivity index (χ1n) is 4.91. The molecule has 6 nitrogen and oxygen atoms in total. The first-order valence-corrected chi connectivity index (χ1v) is 6.45.